The molecule has 0 spiro atoms. The third-order valence-electron chi connectivity index (χ3n) is 2.48. The lowest BCUT2D eigenvalue weighted by molar-refractivity contribution is -0.134. The highest BCUT2D eigenvalue weighted by molar-refractivity contribution is 8.17. The van der Waals surface area contributed by atoms with Crippen molar-refractivity contribution < 1.29 is 14.3 Å². The molecule has 1 aromatic carbocycles. The van der Waals surface area contributed by atoms with Crippen LogP contribution in [-0.2, 0) is 9.53 Å². The van der Waals surface area contributed by atoms with E-state index in [1.807, 2.05) is 36.4 Å². The van der Waals surface area contributed by atoms with Gasteiger partial charge in [-0.1, -0.05) is 42.5 Å². The molecule has 1 aromatic rings. The summed E-state index contributed by atoms with van der Waals surface area (Å²) in [5.74, 6) is -0.421. The normalized spacial score (nSPS) is 11.9. The van der Waals surface area contributed by atoms with Crippen molar-refractivity contribution in [2.45, 2.75) is 0 Å². The van der Waals surface area contributed by atoms with E-state index >= 15 is 0 Å². The predicted octanol–water partition coefficient (Wildman–Crippen LogP) is 3.73. The van der Waals surface area contributed by atoms with Crippen LogP contribution in [0.25, 0.3) is 6.08 Å². The molecule has 0 aliphatic rings. The van der Waals surface area contributed by atoms with Gasteiger partial charge in [-0.3, -0.25) is 4.79 Å². The Kier molecular flexibility index (Phi) is 7.78. The van der Waals surface area contributed by atoms with Crippen LogP contribution in [0.3, 0.4) is 0 Å². The molecule has 22 heavy (non-hydrogen) atoms. The van der Waals surface area contributed by atoms with Gasteiger partial charge in [-0.15, -0.1) is 0 Å². The van der Waals surface area contributed by atoms with Crippen LogP contribution in [0.2, 0.25) is 0 Å². The summed E-state index contributed by atoms with van der Waals surface area (Å²) in [5.41, 5.74) is 0.998. The monoisotopic (exact) mass is 317 g/mol. The first-order valence-corrected chi connectivity index (χ1v) is 7.43. The minimum absolute atomic E-state index is 0.0659. The molecule has 0 radical (unpaired) electrons. The maximum atomic E-state index is 11.9. The van der Waals surface area contributed by atoms with Gasteiger partial charge < -0.3 is 9.64 Å². The van der Waals surface area contributed by atoms with E-state index < -0.39 is 5.97 Å². The van der Waals surface area contributed by atoms with E-state index in [1.54, 1.807) is 32.3 Å². The zero-order chi connectivity index (χ0) is 16.4. The first kappa shape index (κ1) is 17.8. The predicted molar refractivity (Wildman–Crippen MR) is 91.4 cm³/mol. The molecule has 5 heteroatoms. The molecule has 0 N–H and O–H groups in total. The Morgan fingerprint density at radius 2 is 1.73 bits per heavy atom. The van der Waals surface area contributed by atoms with Crippen LogP contribution in [0.1, 0.15) is 5.56 Å². The molecule has 0 atom stereocenters. The average Bonchev–Trinajstić information content (AvgIpc) is 2.51. The quantitative estimate of drug-likeness (QED) is 0.472. The molecule has 4 nitrogen and oxygen atoms in total. The van der Waals surface area contributed by atoms with E-state index in [0.29, 0.717) is 0 Å². The Labute approximate surface area is 135 Å². The first-order chi connectivity index (χ1) is 10.5. The Morgan fingerprint density at radius 1 is 1.09 bits per heavy atom. The second kappa shape index (κ2) is 9.63. The number of allylic oxidation sites excluding steroid dienone is 3. The van der Waals surface area contributed by atoms with Gasteiger partial charge in [0, 0.05) is 25.1 Å². The topological polar surface area (TPSA) is 46.6 Å². The number of carbonyl (C=O) groups excluding carboxylic acids is 2. The lowest BCUT2D eigenvalue weighted by atomic mass is 10.2. The number of amides is 1. The summed E-state index contributed by atoms with van der Waals surface area (Å²) >= 11 is 1.12. The molecule has 0 bridgehead atoms. The molecular formula is C17H19NO3S. The lowest BCUT2D eigenvalue weighted by Gasteiger charge is -2.09. The fourth-order valence-electron chi connectivity index (χ4n) is 1.37. The minimum Gasteiger partial charge on any atom is -0.466 e. The summed E-state index contributed by atoms with van der Waals surface area (Å²) in [6.45, 7) is 0. The van der Waals surface area contributed by atoms with Crippen LogP contribution >= 0.6 is 11.8 Å². The second-order valence-electron chi connectivity index (χ2n) is 4.46. The molecule has 0 fully saturated rings. The number of carbonyl (C=O) groups is 2. The molecule has 0 saturated carbocycles. The Bertz CT molecular complexity index is 589. The highest BCUT2D eigenvalue weighted by Crippen LogP contribution is 2.23. The van der Waals surface area contributed by atoms with Gasteiger partial charge in [0.25, 0.3) is 5.24 Å². The summed E-state index contributed by atoms with van der Waals surface area (Å²) in [5, 5.41) is -0.0659. The van der Waals surface area contributed by atoms with Gasteiger partial charge >= 0.3 is 5.97 Å². The smallest absolute Gasteiger partial charge is 0.330 e. The largest absolute Gasteiger partial charge is 0.466 e. The number of methoxy groups -OCH3 is 1. The standard InChI is InChI=1S/C17H19NO3S/c1-18(2)17(20)22-15(11-7-8-12-16(19)21-3)13-14-9-5-4-6-10-14/h4-13H,1-3H3/b11-7-,12-8-,15-13-. The Morgan fingerprint density at radius 3 is 2.32 bits per heavy atom. The fraction of sp³-hybridized carbons (Fsp3) is 0.176. The zero-order valence-corrected chi connectivity index (χ0v) is 13.7. The van der Waals surface area contributed by atoms with Crippen molar-refractivity contribution in [2.75, 3.05) is 21.2 Å². The summed E-state index contributed by atoms with van der Waals surface area (Å²) in [6.07, 6.45) is 8.27. The number of nitrogens with zero attached hydrogens (tertiary/aromatic N) is 1. The van der Waals surface area contributed by atoms with Crippen molar-refractivity contribution in [2.24, 2.45) is 0 Å². The van der Waals surface area contributed by atoms with E-state index in [0.717, 1.165) is 22.2 Å². The fourth-order valence-corrected chi connectivity index (χ4v) is 2.10. The van der Waals surface area contributed by atoms with Crippen LogP contribution in [0, 0.1) is 0 Å². The van der Waals surface area contributed by atoms with Gasteiger partial charge in [-0.2, -0.15) is 0 Å². The van der Waals surface area contributed by atoms with Crippen molar-refractivity contribution in [1.29, 1.82) is 0 Å². The summed E-state index contributed by atoms with van der Waals surface area (Å²) in [6, 6.07) is 9.72. The van der Waals surface area contributed by atoms with Crippen LogP contribution in [-0.4, -0.2) is 37.3 Å². The number of benzene rings is 1. The highest BCUT2D eigenvalue weighted by atomic mass is 32.2. The molecule has 0 aromatic heterocycles. The minimum atomic E-state index is -0.421. The van der Waals surface area contributed by atoms with Gasteiger partial charge in [0.2, 0.25) is 0 Å². The van der Waals surface area contributed by atoms with E-state index in [2.05, 4.69) is 4.74 Å². The van der Waals surface area contributed by atoms with Crippen LogP contribution in [0.15, 0.2) is 59.5 Å². The molecule has 1 rings (SSSR count). The van der Waals surface area contributed by atoms with Gasteiger partial charge in [0.15, 0.2) is 0 Å². The molecule has 0 heterocycles. The van der Waals surface area contributed by atoms with Crippen molar-refractivity contribution in [3.63, 3.8) is 0 Å². The summed E-state index contributed by atoms with van der Waals surface area (Å²) in [4.78, 5) is 25.1. The SMILES string of the molecule is COC(=O)\C=C/C=C\C(=C\c1ccccc1)SC(=O)N(C)C. The van der Waals surface area contributed by atoms with Gasteiger partial charge in [0.05, 0.1) is 7.11 Å². The van der Waals surface area contributed by atoms with Crippen molar-refractivity contribution in [3.05, 3.63) is 65.1 Å². The van der Waals surface area contributed by atoms with Crippen LogP contribution in [0.5, 0.6) is 0 Å². The third kappa shape index (κ3) is 6.95. The molecule has 0 aliphatic heterocycles. The van der Waals surface area contributed by atoms with Gasteiger partial charge in [0.1, 0.15) is 0 Å². The molecule has 1 amide bonds. The van der Waals surface area contributed by atoms with E-state index in [9.17, 15) is 9.59 Å². The van der Waals surface area contributed by atoms with E-state index in [4.69, 9.17) is 0 Å². The van der Waals surface area contributed by atoms with Crippen molar-refractivity contribution >= 4 is 29.0 Å². The number of esters is 1. The Balaban J connectivity index is 2.89. The lowest BCUT2D eigenvalue weighted by Crippen LogP contribution is -2.16. The number of thioether (sulfide) groups is 1. The summed E-state index contributed by atoms with van der Waals surface area (Å²) in [7, 11) is 4.73. The average molecular weight is 317 g/mol. The maximum absolute atomic E-state index is 11.9. The number of ether oxygens (including phenoxy) is 1. The Hall–Kier alpha value is -2.27. The molecule has 0 saturated heterocycles. The van der Waals surface area contributed by atoms with Crippen molar-refractivity contribution in [1.82, 2.24) is 4.90 Å². The summed E-state index contributed by atoms with van der Waals surface area (Å²) < 4.78 is 4.51. The van der Waals surface area contributed by atoms with Gasteiger partial charge in [-0.05, 0) is 29.5 Å². The maximum Gasteiger partial charge on any atom is 0.330 e. The van der Waals surface area contributed by atoms with Gasteiger partial charge in [-0.25, -0.2) is 4.79 Å². The molecular weight excluding hydrogens is 298 g/mol. The third-order valence-corrected chi connectivity index (χ3v) is 3.51. The number of rotatable bonds is 5. The molecule has 116 valence electrons. The van der Waals surface area contributed by atoms with Crippen LogP contribution < -0.4 is 0 Å². The first-order valence-electron chi connectivity index (χ1n) is 6.61. The van der Waals surface area contributed by atoms with E-state index in [-0.39, 0.29) is 5.24 Å². The highest BCUT2D eigenvalue weighted by Gasteiger charge is 2.07. The second-order valence-corrected chi connectivity index (χ2v) is 5.49. The zero-order valence-electron chi connectivity index (χ0n) is 12.9. The van der Waals surface area contributed by atoms with Crippen LogP contribution in [0.4, 0.5) is 4.79 Å². The molecule has 0 unspecified atom stereocenters. The van der Waals surface area contributed by atoms with E-state index in [1.165, 1.54) is 18.1 Å². The number of hydrogen-bond acceptors (Lipinski definition) is 4. The van der Waals surface area contributed by atoms with Crippen molar-refractivity contribution in [3.8, 4) is 0 Å². The molecule has 0 aliphatic carbocycles. The number of hydrogen-bond donors (Lipinski definition) is 0.